The van der Waals surface area contributed by atoms with Crippen molar-refractivity contribution in [1.29, 1.82) is 0 Å². The van der Waals surface area contributed by atoms with Crippen LogP contribution in [-0.4, -0.2) is 50.7 Å². The van der Waals surface area contributed by atoms with E-state index in [9.17, 15) is 4.79 Å². The molecule has 4 heteroatoms. The maximum Gasteiger partial charge on any atom is 0.225 e. The topological polar surface area (TPSA) is 41.6 Å². The summed E-state index contributed by atoms with van der Waals surface area (Å²) in [5, 5.41) is 2.75. The van der Waals surface area contributed by atoms with Crippen LogP contribution < -0.4 is 5.32 Å². The molecule has 0 aromatic rings. The van der Waals surface area contributed by atoms with Crippen LogP contribution in [0.5, 0.6) is 0 Å². The number of nitrogens with zero attached hydrogens (tertiary/aromatic N) is 1. The quantitative estimate of drug-likeness (QED) is 0.783. The highest BCUT2D eigenvalue weighted by atomic mass is 16.5. The Morgan fingerprint density at radius 2 is 1.89 bits per heavy atom. The first-order valence-electron chi connectivity index (χ1n) is 6.67. The summed E-state index contributed by atoms with van der Waals surface area (Å²) in [7, 11) is 3.47. The lowest BCUT2D eigenvalue weighted by Crippen LogP contribution is -2.55. The molecule has 1 heterocycles. The first kappa shape index (κ1) is 15.4. The minimum atomic E-state index is -0.316. The van der Waals surface area contributed by atoms with Gasteiger partial charge in [0, 0.05) is 39.2 Å². The van der Waals surface area contributed by atoms with Crippen LogP contribution in [0.25, 0.3) is 0 Å². The number of rotatable bonds is 6. The third-order valence-corrected chi connectivity index (χ3v) is 3.67. The van der Waals surface area contributed by atoms with Gasteiger partial charge in [-0.1, -0.05) is 27.7 Å². The molecule has 0 saturated carbocycles. The normalized spacial score (nSPS) is 18.6. The maximum absolute atomic E-state index is 11.8. The number of hydrogen-bond acceptors (Lipinski definition) is 3. The molecular weight excluding hydrogens is 228 g/mol. The van der Waals surface area contributed by atoms with Crippen LogP contribution in [-0.2, 0) is 9.53 Å². The molecule has 4 nitrogen and oxygen atoms in total. The van der Waals surface area contributed by atoms with Crippen LogP contribution in [0.1, 0.15) is 34.1 Å². The first-order valence-corrected chi connectivity index (χ1v) is 6.67. The fourth-order valence-corrected chi connectivity index (χ4v) is 3.08. The number of likely N-dealkylation sites (tertiary alicyclic amines) is 1. The summed E-state index contributed by atoms with van der Waals surface area (Å²) in [4.78, 5) is 14.2. The van der Waals surface area contributed by atoms with E-state index in [0.717, 1.165) is 26.1 Å². The molecule has 1 N–H and O–H groups in total. The van der Waals surface area contributed by atoms with Gasteiger partial charge in [0.05, 0.1) is 6.10 Å². The number of ether oxygens (including phenoxy) is 1. The molecule has 0 aliphatic carbocycles. The molecule has 1 amide bonds. The lowest BCUT2D eigenvalue weighted by atomic mass is 9.74. The van der Waals surface area contributed by atoms with Gasteiger partial charge in [0.25, 0.3) is 0 Å². The van der Waals surface area contributed by atoms with E-state index in [4.69, 9.17) is 4.74 Å². The standard InChI is InChI=1S/C14H28N2O2/c1-13(2,9-14(3,4)12(17)15-5)10-16-7-11(8-16)18-6/h11H,7-10H2,1-6H3,(H,15,17). The smallest absolute Gasteiger partial charge is 0.225 e. The highest BCUT2D eigenvalue weighted by molar-refractivity contribution is 5.81. The Balaban J connectivity index is 2.47. The summed E-state index contributed by atoms with van der Waals surface area (Å²) in [6.45, 7) is 11.5. The van der Waals surface area contributed by atoms with Crippen LogP contribution in [0.3, 0.4) is 0 Å². The van der Waals surface area contributed by atoms with Crippen LogP contribution in [0.2, 0.25) is 0 Å². The minimum Gasteiger partial charge on any atom is -0.379 e. The molecule has 0 spiro atoms. The molecule has 0 radical (unpaired) electrons. The summed E-state index contributed by atoms with van der Waals surface area (Å²) in [5.41, 5.74) is -0.182. The molecule has 106 valence electrons. The van der Waals surface area contributed by atoms with Gasteiger partial charge in [-0.2, -0.15) is 0 Å². The summed E-state index contributed by atoms with van der Waals surface area (Å²) in [6, 6.07) is 0. The van der Waals surface area contributed by atoms with Crippen molar-refractivity contribution in [3.8, 4) is 0 Å². The number of carbonyl (C=O) groups is 1. The van der Waals surface area contributed by atoms with Gasteiger partial charge in [0.2, 0.25) is 5.91 Å². The molecule has 1 aliphatic rings. The van der Waals surface area contributed by atoms with E-state index in [-0.39, 0.29) is 16.7 Å². The second-order valence-corrected chi connectivity index (χ2v) is 6.86. The molecule has 1 fully saturated rings. The SMILES string of the molecule is CNC(=O)C(C)(C)CC(C)(C)CN1CC(OC)C1. The molecular formula is C14H28N2O2. The fourth-order valence-electron chi connectivity index (χ4n) is 3.08. The second-order valence-electron chi connectivity index (χ2n) is 6.86. The van der Waals surface area contributed by atoms with Crippen LogP contribution in [0.4, 0.5) is 0 Å². The van der Waals surface area contributed by atoms with Crippen molar-refractivity contribution in [3.63, 3.8) is 0 Å². The monoisotopic (exact) mass is 256 g/mol. The van der Waals surface area contributed by atoms with Crippen LogP contribution >= 0.6 is 0 Å². The molecule has 0 bridgehead atoms. The zero-order chi connectivity index (χ0) is 14.0. The Bertz CT molecular complexity index is 294. The van der Waals surface area contributed by atoms with E-state index in [1.807, 2.05) is 13.8 Å². The number of carbonyl (C=O) groups excluding carboxylic acids is 1. The highest BCUT2D eigenvalue weighted by Crippen LogP contribution is 2.35. The van der Waals surface area contributed by atoms with Crippen molar-refractivity contribution >= 4 is 5.91 Å². The van der Waals surface area contributed by atoms with E-state index >= 15 is 0 Å². The lowest BCUT2D eigenvalue weighted by molar-refractivity contribution is -0.131. The minimum absolute atomic E-state index is 0.119. The summed E-state index contributed by atoms with van der Waals surface area (Å²) >= 11 is 0. The largest absolute Gasteiger partial charge is 0.379 e. The van der Waals surface area contributed by atoms with Crippen molar-refractivity contribution in [2.45, 2.75) is 40.2 Å². The number of nitrogens with one attached hydrogen (secondary N) is 1. The Labute approximate surface area is 111 Å². The van der Waals surface area contributed by atoms with Crippen molar-refractivity contribution in [2.24, 2.45) is 10.8 Å². The van der Waals surface area contributed by atoms with Gasteiger partial charge in [-0.25, -0.2) is 0 Å². The van der Waals surface area contributed by atoms with Crippen LogP contribution in [0.15, 0.2) is 0 Å². The Morgan fingerprint density at radius 1 is 1.33 bits per heavy atom. The van der Waals surface area contributed by atoms with Gasteiger partial charge < -0.3 is 10.1 Å². The molecule has 0 aromatic heterocycles. The summed E-state index contributed by atoms with van der Waals surface area (Å²) in [6.07, 6.45) is 1.28. The molecule has 0 aromatic carbocycles. The van der Waals surface area contributed by atoms with Crippen molar-refractivity contribution in [1.82, 2.24) is 10.2 Å². The van der Waals surface area contributed by atoms with E-state index in [0.29, 0.717) is 6.10 Å². The number of hydrogen-bond donors (Lipinski definition) is 1. The van der Waals surface area contributed by atoms with E-state index in [1.54, 1.807) is 14.2 Å². The van der Waals surface area contributed by atoms with E-state index in [1.165, 1.54) is 0 Å². The van der Waals surface area contributed by atoms with Crippen LogP contribution in [0, 0.1) is 10.8 Å². The summed E-state index contributed by atoms with van der Waals surface area (Å²) < 4.78 is 5.28. The third kappa shape index (κ3) is 3.95. The molecule has 1 rings (SSSR count). The molecule has 0 atom stereocenters. The highest BCUT2D eigenvalue weighted by Gasteiger charge is 2.37. The average molecular weight is 256 g/mol. The predicted octanol–water partition coefficient (Wildman–Crippen LogP) is 1.51. The average Bonchev–Trinajstić information content (AvgIpc) is 2.19. The van der Waals surface area contributed by atoms with Gasteiger partial charge in [0.15, 0.2) is 0 Å². The van der Waals surface area contributed by atoms with Gasteiger partial charge in [-0.15, -0.1) is 0 Å². The third-order valence-electron chi connectivity index (χ3n) is 3.67. The Morgan fingerprint density at radius 3 is 2.33 bits per heavy atom. The number of methoxy groups -OCH3 is 1. The van der Waals surface area contributed by atoms with Gasteiger partial charge in [-0.3, -0.25) is 9.69 Å². The fraction of sp³-hybridized carbons (Fsp3) is 0.929. The zero-order valence-electron chi connectivity index (χ0n) is 12.7. The number of amides is 1. The Hall–Kier alpha value is -0.610. The Kier molecular flexibility index (Phi) is 4.78. The second kappa shape index (κ2) is 5.57. The summed E-state index contributed by atoms with van der Waals surface area (Å²) in [5.74, 6) is 0.119. The molecule has 1 saturated heterocycles. The maximum atomic E-state index is 11.8. The van der Waals surface area contributed by atoms with E-state index in [2.05, 4.69) is 24.1 Å². The van der Waals surface area contributed by atoms with Gasteiger partial charge >= 0.3 is 0 Å². The van der Waals surface area contributed by atoms with E-state index < -0.39 is 0 Å². The molecule has 1 aliphatic heterocycles. The van der Waals surface area contributed by atoms with Crippen molar-refractivity contribution in [3.05, 3.63) is 0 Å². The van der Waals surface area contributed by atoms with Crippen molar-refractivity contribution < 1.29 is 9.53 Å². The lowest BCUT2D eigenvalue weighted by Gasteiger charge is -2.44. The van der Waals surface area contributed by atoms with Gasteiger partial charge in [0.1, 0.15) is 0 Å². The predicted molar refractivity (Wildman–Crippen MR) is 73.5 cm³/mol. The first-order chi connectivity index (χ1) is 8.20. The molecule has 0 unspecified atom stereocenters. The molecule has 18 heavy (non-hydrogen) atoms. The van der Waals surface area contributed by atoms with Gasteiger partial charge in [-0.05, 0) is 11.8 Å². The van der Waals surface area contributed by atoms with Crippen molar-refractivity contribution in [2.75, 3.05) is 33.8 Å². The zero-order valence-corrected chi connectivity index (χ0v) is 12.7.